The molecule has 0 unspecified atom stereocenters. The van der Waals surface area contributed by atoms with Crippen molar-refractivity contribution in [3.63, 3.8) is 0 Å². The Morgan fingerprint density at radius 2 is 2.16 bits per heavy atom. The van der Waals surface area contributed by atoms with Crippen LogP contribution in [0.3, 0.4) is 0 Å². The average Bonchev–Trinajstić information content (AvgIpc) is 2.75. The Morgan fingerprint density at radius 1 is 1.37 bits per heavy atom. The van der Waals surface area contributed by atoms with Crippen molar-refractivity contribution in [2.24, 2.45) is 10.7 Å². The number of rotatable bonds is 8. The molecule has 1 rings (SSSR count). The Morgan fingerprint density at radius 3 is 2.79 bits per heavy atom. The van der Waals surface area contributed by atoms with E-state index in [1.807, 2.05) is 12.1 Å². The first-order valence-corrected chi connectivity index (χ1v) is 7.70. The SMILES string of the molecule is CCCCCCN=C(N)NCCc1ccc(Cl)s1.I. The number of halogens is 2. The molecule has 0 fully saturated rings. The lowest BCUT2D eigenvalue weighted by molar-refractivity contribution is 0.673. The summed E-state index contributed by atoms with van der Waals surface area (Å²) in [6, 6.07) is 3.97. The molecule has 0 saturated heterocycles. The lowest BCUT2D eigenvalue weighted by Crippen LogP contribution is -2.33. The van der Waals surface area contributed by atoms with Gasteiger partial charge in [0.25, 0.3) is 0 Å². The first-order valence-electron chi connectivity index (χ1n) is 6.50. The van der Waals surface area contributed by atoms with Crippen molar-refractivity contribution in [2.45, 2.75) is 39.0 Å². The Hall–Kier alpha value is -0.0100. The average molecular weight is 416 g/mol. The van der Waals surface area contributed by atoms with Crippen molar-refractivity contribution in [1.29, 1.82) is 0 Å². The van der Waals surface area contributed by atoms with E-state index in [2.05, 4.69) is 17.2 Å². The maximum atomic E-state index is 5.86. The number of thiophene rings is 1. The normalized spacial score (nSPS) is 11.2. The molecule has 0 aliphatic rings. The maximum Gasteiger partial charge on any atom is 0.188 e. The number of nitrogens with zero attached hydrogens (tertiary/aromatic N) is 1. The zero-order valence-electron chi connectivity index (χ0n) is 11.3. The van der Waals surface area contributed by atoms with Crippen LogP contribution in [0.25, 0.3) is 0 Å². The highest BCUT2D eigenvalue weighted by Crippen LogP contribution is 2.21. The van der Waals surface area contributed by atoms with Gasteiger partial charge in [-0.15, -0.1) is 35.3 Å². The van der Waals surface area contributed by atoms with E-state index in [-0.39, 0.29) is 24.0 Å². The van der Waals surface area contributed by atoms with Gasteiger partial charge < -0.3 is 11.1 Å². The van der Waals surface area contributed by atoms with Gasteiger partial charge in [0.1, 0.15) is 0 Å². The summed E-state index contributed by atoms with van der Waals surface area (Å²) in [7, 11) is 0. The molecular weight excluding hydrogens is 393 g/mol. The van der Waals surface area contributed by atoms with E-state index in [4.69, 9.17) is 17.3 Å². The predicted octanol–water partition coefficient (Wildman–Crippen LogP) is 4.05. The second-order valence-electron chi connectivity index (χ2n) is 4.21. The van der Waals surface area contributed by atoms with E-state index >= 15 is 0 Å². The molecule has 1 aromatic heterocycles. The van der Waals surface area contributed by atoms with E-state index in [1.54, 1.807) is 11.3 Å². The summed E-state index contributed by atoms with van der Waals surface area (Å²) in [6.45, 7) is 3.83. The third-order valence-electron chi connectivity index (χ3n) is 2.60. The molecule has 0 aromatic carbocycles. The van der Waals surface area contributed by atoms with Crippen LogP contribution in [0.5, 0.6) is 0 Å². The number of unbranched alkanes of at least 4 members (excludes halogenated alkanes) is 3. The third kappa shape index (κ3) is 9.51. The van der Waals surface area contributed by atoms with Crippen LogP contribution in [0.1, 0.15) is 37.5 Å². The van der Waals surface area contributed by atoms with Crippen molar-refractivity contribution in [3.8, 4) is 0 Å². The molecule has 19 heavy (non-hydrogen) atoms. The van der Waals surface area contributed by atoms with Crippen LogP contribution in [0.2, 0.25) is 4.34 Å². The molecule has 0 spiro atoms. The minimum Gasteiger partial charge on any atom is -0.370 e. The fraction of sp³-hybridized carbons (Fsp3) is 0.615. The van der Waals surface area contributed by atoms with Gasteiger partial charge in [0.05, 0.1) is 4.34 Å². The van der Waals surface area contributed by atoms with Gasteiger partial charge in [-0.1, -0.05) is 37.8 Å². The van der Waals surface area contributed by atoms with Gasteiger partial charge in [-0.3, -0.25) is 4.99 Å². The van der Waals surface area contributed by atoms with Crippen LogP contribution >= 0.6 is 46.9 Å². The molecule has 1 aromatic rings. The van der Waals surface area contributed by atoms with Crippen molar-refractivity contribution in [3.05, 3.63) is 21.3 Å². The third-order valence-corrected chi connectivity index (χ3v) is 3.89. The topological polar surface area (TPSA) is 50.4 Å². The molecule has 6 heteroatoms. The van der Waals surface area contributed by atoms with E-state index in [1.165, 1.54) is 24.1 Å². The van der Waals surface area contributed by atoms with E-state index < -0.39 is 0 Å². The fourth-order valence-electron chi connectivity index (χ4n) is 1.59. The first-order chi connectivity index (χ1) is 8.72. The highest BCUT2D eigenvalue weighted by Gasteiger charge is 1.98. The van der Waals surface area contributed by atoms with Crippen LogP contribution in [-0.2, 0) is 6.42 Å². The second kappa shape index (κ2) is 11.8. The Bertz CT molecular complexity index is 369. The minimum atomic E-state index is 0. The number of hydrogen-bond acceptors (Lipinski definition) is 2. The number of hydrogen-bond donors (Lipinski definition) is 2. The molecule has 0 atom stereocenters. The highest BCUT2D eigenvalue weighted by molar-refractivity contribution is 14.0. The van der Waals surface area contributed by atoms with Crippen molar-refractivity contribution in [1.82, 2.24) is 5.32 Å². The quantitative estimate of drug-likeness (QED) is 0.291. The Kier molecular flexibility index (Phi) is 11.8. The Labute approximate surface area is 142 Å². The smallest absolute Gasteiger partial charge is 0.188 e. The van der Waals surface area contributed by atoms with Crippen LogP contribution in [0, 0.1) is 0 Å². The first kappa shape index (κ1) is 19.0. The van der Waals surface area contributed by atoms with E-state index in [0.717, 1.165) is 30.3 Å². The lowest BCUT2D eigenvalue weighted by atomic mass is 10.2. The summed E-state index contributed by atoms with van der Waals surface area (Å²) in [6.07, 6.45) is 5.82. The van der Waals surface area contributed by atoms with Gasteiger partial charge in [0, 0.05) is 18.0 Å². The van der Waals surface area contributed by atoms with Crippen molar-refractivity contribution >= 4 is 52.9 Å². The standard InChI is InChI=1S/C13H22ClN3S.HI/c1-2-3-4-5-9-16-13(15)17-10-8-11-6-7-12(14)18-11;/h6-7H,2-5,8-10H2,1H3,(H3,15,16,17);1H. The van der Waals surface area contributed by atoms with Gasteiger partial charge in [0.2, 0.25) is 0 Å². The van der Waals surface area contributed by atoms with Crippen molar-refractivity contribution in [2.75, 3.05) is 13.1 Å². The van der Waals surface area contributed by atoms with Crippen LogP contribution in [-0.4, -0.2) is 19.0 Å². The molecule has 0 radical (unpaired) electrons. The molecule has 0 amide bonds. The number of guanidine groups is 1. The zero-order chi connectivity index (χ0) is 13.2. The lowest BCUT2D eigenvalue weighted by Gasteiger charge is -2.04. The molecule has 3 nitrogen and oxygen atoms in total. The zero-order valence-corrected chi connectivity index (χ0v) is 15.2. The van der Waals surface area contributed by atoms with E-state index in [9.17, 15) is 0 Å². The number of nitrogens with two attached hydrogens (primary N) is 1. The predicted molar refractivity (Wildman–Crippen MR) is 97.1 cm³/mol. The maximum absolute atomic E-state index is 5.86. The largest absolute Gasteiger partial charge is 0.370 e. The summed E-state index contributed by atoms with van der Waals surface area (Å²) in [5.41, 5.74) is 5.77. The minimum absolute atomic E-state index is 0. The molecule has 0 saturated carbocycles. The molecule has 110 valence electrons. The second-order valence-corrected chi connectivity index (χ2v) is 6.01. The van der Waals surface area contributed by atoms with Crippen LogP contribution in [0.15, 0.2) is 17.1 Å². The van der Waals surface area contributed by atoms with Gasteiger partial charge in [-0.05, 0) is 25.0 Å². The summed E-state index contributed by atoms with van der Waals surface area (Å²) in [5.74, 6) is 0.550. The summed E-state index contributed by atoms with van der Waals surface area (Å²) < 4.78 is 0.836. The highest BCUT2D eigenvalue weighted by atomic mass is 127. The van der Waals surface area contributed by atoms with Gasteiger partial charge in [-0.25, -0.2) is 0 Å². The molecular formula is C13H23ClIN3S. The monoisotopic (exact) mass is 415 g/mol. The molecule has 0 aliphatic heterocycles. The summed E-state index contributed by atoms with van der Waals surface area (Å²) in [5, 5.41) is 3.12. The van der Waals surface area contributed by atoms with Gasteiger partial charge in [0.15, 0.2) is 5.96 Å². The molecule has 0 bridgehead atoms. The van der Waals surface area contributed by atoms with Crippen LogP contribution < -0.4 is 11.1 Å². The molecule has 0 aliphatic carbocycles. The number of nitrogens with one attached hydrogen (secondary N) is 1. The van der Waals surface area contributed by atoms with Gasteiger partial charge in [-0.2, -0.15) is 0 Å². The van der Waals surface area contributed by atoms with Gasteiger partial charge >= 0.3 is 0 Å². The fourth-order valence-corrected chi connectivity index (χ4v) is 2.68. The van der Waals surface area contributed by atoms with E-state index in [0.29, 0.717) is 5.96 Å². The molecule has 1 heterocycles. The summed E-state index contributed by atoms with van der Waals surface area (Å²) in [4.78, 5) is 5.56. The number of aliphatic imine (C=N–C) groups is 1. The molecule has 3 N–H and O–H groups in total. The van der Waals surface area contributed by atoms with Crippen molar-refractivity contribution < 1.29 is 0 Å². The summed E-state index contributed by atoms with van der Waals surface area (Å²) >= 11 is 7.47. The Balaban J connectivity index is 0.00000324. The van der Waals surface area contributed by atoms with Crippen LogP contribution in [0.4, 0.5) is 0 Å².